The number of hydrogen-bond donors (Lipinski definition) is 1. The Morgan fingerprint density at radius 2 is 1.10 bits per heavy atom. The first-order valence-corrected chi connectivity index (χ1v) is 9.33. The molecule has 6 heteroatoms. The average molecular weight is 404 g/mol. The van der Waals surface area contributed by atoms with Gasteiger partial charge in [0.15, 0.2) is 5.78 Å². The number of para-hydroxylation sites is 3. The predicted octanol–water partition coefficient (Wildman–Crippen LogP) is 4.67. The minimum absolute atomic E-state index is 0.00747. The van der Waals surface area contributed by atoms with Gasteiger partial charge in [0.1, 0.15) is 28.4 Å². The first kappa shape index (κ1) is 20.8. The first-order valence-electron chi connectivity index (χ1n) is 9.33. The van der Waals surface area contributed by atoms with Crippen LogP contribution in [0, 0.1) is 5.92 Å². The SMILES string of the molecule is CC(C)C(=O)c1ccccc1OC(=O)c1ccccc1OC(=O)c1ccccc1O. The fourth-order valence-corrected chi connectivity index (χ4v) is 2.75. The lowest BCUT2D eigenvalue weighted by Gasteiger charge is -2.13. The lowest BCUT2D eigenvalue weighted by molar-refractivity contribution is 0.0705. The Hall–Kier alpha value is -3.93. The first-order chi connectivity index (χ1) is 14.4. The predicted molar refractivity (Wildman–Crippen MR) is 110 cm³/mol. The summed E-state index contributed by atoms with van der Waals surface area (Å²) in [5.74, 6) is -2.15. The number of Topliss-reactive ketones (excluding diaryl/α,β-unsaturated/α-hetero) is 1. The van der Waals surface area contributed by atoms with E-state index in [1.807, 2.05) is 0 Å². The number of aromatic hydroxyl groups is 1. The molecule has 0 saturated heterocycles. The number of ketones is 1. The molecule has 3 aromatic carbocycles. The molecule has 0 unspecified atom stereocenters. The summed E-state index contributed by atoms with van der Waals surface area (Å²) in [4.78, 5) is 37.6. The highest BCUT2D eigenvalue weighted by molar-refractivity contribution is 6.02. The maximum absolute atomic E-state index is 12.8. The molecule has 0 aliphatic heterocycles. The van der Waals surface area contributed by atoms with Gasteiger partial charge in [-0.1, -0.05) is 50.2 Å². The summed E-state index contributed by atoms with van der Waals surface area (Å²) in [5, 5.41) is 9.84. The Bertz CT molecular complexity index is 1100. The number of esters is 2. The van der Waals surface area contributed by atoms with E-state index in [9.17, 15) is 19.5 Å². The molecule has 0 aliphatic rings. The molecule has 0 radical (unpaired) electrons. The summed E-state index contributed by atoms with van der Waals surface area (Å²) < 4.78 is 10.8. The highest BCUT2D eigenvalue weighted by atomic mass is 16.6. The van der Waals surface area contributed by atoms with Crippen molar-refractivity contribution in [2.75, 3.05) is 0 Å². The van der Waals surface area contributed by atoms with Gasteiger partial charge in [-0.2, -0.15) is 0 Å². The summed E-state index contributed by atoms with van der Waals surface area (Å²) in [6.07, 6.45) is 0. The Morgan fingerprint density at radius 1 is 0.667 bits per heavy atom. The van der Waals surface area contributed by atoms with E-state index in [0.29, 0.717) is 5.56 Å². The molecule has 30 heavy (non-hydrogen) atoms. The van der Waals surface area contributed by atoms with Crippen molar-refractivity contribution in [2.45, 2.75) is 13.8 Å². The zero-order valence-electron chi connectivity index (χ0n) is 16.5. The second kappa shape index (κ2) is 9.05. The largest absolute Gasteiger partial charge is 0.507 e. The molecule has 0 heterocycles. The van der Waals surface area contributed by atoms with E-state index < -0.39 is 11.9 Å². The van der Waals surface area contributed by atoms with Crippen molar-refractivity contribution in [1.29, 1.82) is 0 Å². The lowest BCUT2D eigenvalue weighted by Crippen LogP contribution is -2.16. The van der Waals surface area contributed by atoms with Gasteiger partial charge in [-0.3, -0.25) is 4.79 Å². The Balaban J connectivity index is 1.86. The maximum Gasteiger partial charge on any atom is 0.347 e. The molecule has 152 valence electrons. The molecule has 0 saturated carbocycles. The van der Waals surface area contributed by atoms with E-state index >= 15 is 0 Å². The Morgan fingerprint density at radius 3 is 1.67 bits per heavy atom. The van der Waals surface area contributed by atoms with Crippen LogP contribution in [0.3, 0.4) is 0 Å². The van der Waals surface area contributed by atoms with Gasteiger partial charge in [-0.25, -0.2) is 9.59 Å². The summed E-state index contributed by atoms with van der Waals surface area (Å²) >= 11 is 0. The van der Waals surface area contributed by atoms with Crippen LogP contribution >= 0.6 is 0 Å². The fraction of sp³-hybridized carbons (Fsp3) is 0.125. The van der Waals surface area contributed by atoms with Gasteiger partial charge >= 0.3 is 11.9 Å². The third kappa shape index (κ3) is 4.55. The quantitative estimate of drug-likeness (QED) is 0.365. The van der Waals surface area contributed by atoms with Gasteiger partial charge in [-0.05, 0) is 36.4 Å². The number of benzene rings is 3. The van der Waals surface area contributed by atoms with Crippen LogP contribution in [0.1, 0.15) is 44.9 Å². The third-order valence-corrected chi connectivity index (χ3v) is 4.31. The molecule has 0 bridgehead atoms. The van der Waals surface area contributed by atoms with Crippen molar-refractivity contribution < 1.29 is 29.0 Å². The molecule has 0 aromatic heterocycles. The zero-order valence-corrected chi connectivity index (χ0v) is 16.5. The summed E-state index contributed by atoms with van der Waals surface area (Å²) in [5.41, 5.74) is 0.270. The van der Waals surface area contributed by atoms with Gasteiger partial charge < -0.3 is 14.6 Å². The van der Waals surface area contributed by atoms with E-state index in [2.05, 4.69) is 0 Å². The fourth-order valence-electron chi connectivity index (χ4n) is 2.75. The monoisotopic (exact) mass is 404 g/mol. The number of phenolic OH excluding ortho intramolecular Hbond substituents is 1. The smallest absolute Gasteiger partial charge is 0.347 e. The van der Waals surface area contributed by atoms with Crippen LogP contribution < -0.4 is 9.47 Å². The Labute approximate surface area is 173 Å². The zero-order chi connectivity index (χ0) is 21.7. The van der Waals surface area contributed by atoms with Crippen molar-refractivity contribution in [3.05, 3.63) is 89.5 Å². The number of carbonyl (C=O) groups is 3. The molecule has 3 aromatic rings. The second-order valence-electron chi connectivity index (χ2n) is 6.81. The van der Waals surface area contributed by atoms with Gasteiger partial charge in [0.2, 0.25) is 0 Å². The van der Waals surface area contributed by atoms with Crippen molar-refractivity contribution in [2.24, 2.45) is 5.92 Å². The lowest BCUT2D eigenvalue weighted by atomic mass is 10.0. The number of rotatable bonds is 6. The number of hydrogen-bond acceptors (Lipinski definition) is 6. The minimum atomic E-state index is -0.816. The molecule has 0 amide bonds. The van der Waals surface area contributed by atoms with Gasteiger partial charge in [-0.15, -0.1) is 0 Å². The molecule has 6 nitrogen and oxygen atoms in total. The number of phenols is 1. The second-order valence-corrected chi connectivity index (χ2v) is 6.81. The van der Waals surface area contributed by atoms with Crippen molar-refractivity contribution >= 4 is 17.7 Å². The molecular formula is C24H20O6. The normalized spacial score (nSPS) is 10.5. The number of ether oxygens (including phenoxy) is 2. The van der Waals surface area contributed by atoms with E-state index in [0.717, 1.165) is 0 Å². The van der Waals surface area contributed by atoms with Crippen molar-refractivity contribution in [3.8, 4) is 17.2 Å². The standard InChI is InChI=1S/C24H20O6/c1-15(2)22(26)17-10-4-7-13-20(17)29-24(28)18-11-5-8-14-21(18)30-23(27)16-9-3-6-12-19(16)25/h3-15,25H,1-2H3. The van der Waals surface area contributed by atoms with Crippen LogP contribution in [-0.2, 0) is 0 Å². The van der Waals surface area contributed by atoms with Crippen molar-refractivity contribution in [3.63, 3.8) is 0 Å². The molecule has 0 spiro atoms. The third-order valence-electron chi connectivity index (χ3n) is 4.31. The highest BCUT2D eigenvalue weighted by Crippen LogP contribution is 2.26. The summed E-state index contributed by atoms with van der Waals surface area (Å²) in [6.45, 7) is 3.52. The molecular weight excluding hydrogens is 384 g/mol. The Kier molecular flexibility index (Phi) is 6.27. The molecule has 0 fully saturated rings. The topological polar surface area (TPSA) is 89.9 Å². The summed E-state index contributed by atoms with van der Waals surface area (Å²) in [7, 11) is 0. The van der Waals surface area contributed by atoms with Crippen LogP contribution in [0.5, 0.6) is 17.2 Å². The van der Waals surface area contributed by atoms with E-state index in [1.54, 1.807) is 56.3 Å². The highest BCUT2D eigenvalue weighted by Gasteiger charge is 2.22. The average Bonchev–Trinajstić information content (AvgIpc) is 2.74. The van der Waals surface area contributed by atoms with Crippen LogP contribution in [0.25, 0.3) is 0 Å². The van der Waals surface area contributed by atoms with Gasteiger partial charge in [0.25, 0.3) is 0 Å². The molecule has 1 N–H and O–H groups in total. The van der Waals surface area contributed by atoms with E-state index in [-0.39, 0.29) is 40.1 Å². The molecule has 0 atom stereocenters. The van der Waals surface area contributed by atoms with Crippen molar-refractivity contribution in [1.82, 2.24) is 0 Å². The summed E-state index contributed by atoms with van der Waals surface area (Å²) in [6, 6.07) is 18.5. The van der Waals surface area contributed by atoms with Crippen LogP contribution in [-0.4, -0.2) is 22.8 Å². The van der Waals surface area contributed by atoms with Crippen LogP contribution in [0.15, 0.2) is 72.8 Å². The van der Waals surface area contributed by atoms with Crippen LogP contribution in [0.2, 0.25) is 0 Å². The van der Waals surface area contributed by atoms with Crippen LogP contribution in [0.4, 0.5) is 0 Å². The number of carbonyl (C=O) groups excluding carboxylic acids is 3. The molecule has 0 aliphatic carbocycles. The molecule has 3 rings (SSSR count). The van der Waals surface area contributed by atoms with E-state index in [1.165, 1.54) is 30.3 Å². The van der Waals surface area contributed by atoms with Gasteiger partial charge in [0.05, 0.1) is 5.56 Å². The maximum atomic E-state index is 12.8. The minimum Gasteiger partial charge on any atom is -0.507 e. The van der Waals surface area contributed by atoms with E-state index in [4.69, 9.17) is 9.47 Å². The van der Waals surface area contributed by atoms with Gasteiger partial charge in [0, 0.05) is 5.92 Å².